The summed E-state index contributed by atoms with van der Waals surface area (Å²) in [6, 6.07) is 22.2. The minimum absolute atomic E-state index is 0.0641. The van der Waals surface area contributed by atoms with E-state index in [1.54, 1.807) is 35.4 Å². The lowest BCUT2D eigenvalue weighted by molar-refractivity contribution is 0.0717. The Morgan fingerprint density at radius 3 is 2.40 bits per heavy atom. The zero-order valence-electron chi connectivity index (χ0n) is 33.0. The van der Waals surface area contributed by atoms with Crippen molar-refractivity contribution < 1.29 is 18.4 Å². The molecule has 58 heavy (non-hydrogen) atoms. The van der Waals surface area contributed by atoms with Gasteiger partial charge >= 0.3 is 5.76 Å². The van der Waals surface area contributed by atoms with Crippen LogP contribution >= 0.6 is 0 Å². The fourth-order valence-electron chi connectivity index (χ4n) is 9.93. The van der Waals surface area contributed by atoms with Gasteiger partial charge in [-0.15, -0.1) is 0 Å². The third kappa shape index (κ3) is 5.92. The van der Waals surface area contributed by atoms with E-state index in [0.717, 1.165) is 43.4 Å². The number of H-pyrrole nitrogens is 1. The zero-order valence-corrected chi connectivity index (χ0v) is 33.0. The van der Waals surface area contributed by atoms with Crippen LogP contribution in [-0.2, 0) is 23.2 Å². The molecule has 10 rings (SSSR count). The number of anilines is 1. The van der Waals surface area contributed by atoms with Gasteiger partial charge in [-0.3, -0.25) is 19.1 Å². The molecule has 1 amide bonds. The average molecular weight is 784 g/mol. The van der Waals surface area contributed by atoms with E-state index in [1.165, 1.54) is 11.1 Å². The molecule has 1 saturated carbocycles. The number of aryl methyl sites for hydroxylation is 2. The number of hydrogen-bond acceptors (Lipinski definition) is 8. The molecule has 298 valence electrons. The van der Waals surface area contributed by atoms with Crippen molar-refractivity contribution in [2.45, 2.75) is 76.8 Å². The van der Waals surface area contributed by atoms with Gasteiger partial charge in [-0.25, -0.2) is 18.7 Å². The molecule has 2 saturated heterocycles. The van der Waals surface area contributed by atoms with E-state index in [1.807, 2.05) is 24.3 Å². The highest BCUT2D eigenvalue weighted by molar-refractivity contribution is 5.99. The molecule has 6 aromatic rings. The molecule has 0 bridgehead atoms. The molecule has 3 atom stereocenters. The number of rotatable bonds is 7. The number of ether oxygens (including phenoxy) is 1. The molecule has 3 fully saturated rings. The molecule has 13 heteroatoms. The van der Waals surface area contributed by atoms with Crippen LogP contribution in [0.25, 0.3) is 16.6 Å². The summed E-state index contributed by atoms with van der Waals surface area (Å²) in [4.78, 5) is 54.0. The number of hydrogen-bond donors (Lipinski definition) is 1. The Balaban J connectivity index is 1.06. The van der Waals surface area contributed by atoms with Gasteiger partial charge in [0.2, 0.25) is 5.95 Å². The summed E-state index contributed by atoms with van der Waals surface area (Å²) in [5.41, 5.74) is 5.43. The van der Waals surface area contributed by atoms with Crippen molar-refractivity contribution in [2.24, 2.45) is 5.92 Å². The normalized spacial score (nSPS) is 22.1. The maximum absolute atomic E-state index is 15.0. The minimum atomic E-state index is -0.775. The monoisotopic (exact) mass is 783 g/mol. The molecule has 4 aliphatic rings. The highest BCUT2D eigenvalue weighted by Gasteiger charge is 2.59. The fourth-order valence-corrected chi connectivity index (χ4v) is 9.93. The molecule has 0 spiro atoms. The first-order valence-corrected chi connectivity index (χ1v) is 20.4. The summed E-state index contributed by atoms with van der Waals surface area (Å²) in [6.07, 6.45) is 3.74. The van der Waals surface area contributed by atoms with Crippen molar-refractivity contribution in [2.75, 3.05) is 37.7 Å². The summed E-state index contributed by atoms with van der Waals surface area (Å²) in [5, 5.41) is 5.09. The Morgan fingerprint density at radius 2 is 1.69 bits per heavy atom. The number of benzene rings is 3. The quantitative estimate of drug-likeness (QED) is 0.195. The van der Waals surface area contributed by atoms with Crippen LogP contribution in [0.1, 0.15) is 94.3 Å². The standard InChI is InChI=1S/C45H46FN7O5/c1-26-19-34(20-27(2)39(26)46)52-40(54)35-12-16-50(25-36(35)47-43(52)51-15-11-32(24-51)29-7-5-4-6-8-29)41(55)38-22-33-21-31(30-13-17-57-18-14-30)9-10-37(33)53(38)45(23-28(45)3)42-48-44(56)58-49-42/h4-10,19-22,28,30,32H,11-18,23-25H2,1-3H3,(H,48,49,56). The molecule has 12 nitrogen and oxygen atoms in total. The summed E-state index contributed by atoms with van der Waals surface area (Å²) in [7, 11) is 0. The topological polar surface area (TPSA) is 131 Å². The van der Waals surface area contributed by atoms with E-state index in [0.29, 0.717) is 83.9 Å². The second-order valence-electron chi connectivity index (χ2n) is 16.7. The summed E-state index contributed by atoms with van der Waals surface area (Å²) in [5.74, 6) is 0.449. The molecule has 3 aromatic carbocycles. The van der Waals surface area contributed by atoms with Crippen molar-refractivity contribution in [1.82, 2.24) is 29.2 Å². The van der Waals surface area contributed by atoms with Crippen molar-refractivity contribution in [3.05, 3.63) is 138 Å². The van der Waals surface area contributed by atoms with E-state index in [-0.39, 0.29) is 35.7 Å². The predicted octanol–water partition coefficient (Wildman–Crippen LogP) is 6.49. The van der Waals surface area contributed by atoms with Crippen molar-refractivity contribution in [3.63, 3.8) is 0 Å². The zero-order chi connectivity index (χ0) is 39.9. The third-order valence-corrected chi connectivity index (χ3v) is 13.2. The largest absolute Gasteiger partial charge is 0.438 e. The molecular weight excluding hydrogens is 738 g/mol. The first-order valence-electron chi connectivity index (χ1n) is 20.4. The first kappa shape index (κ1) is 36.5. The SMILES string of the molecule is Cc1cc(-n2c(N3CCC(c4ccccc4)C3)nc3c(c2=O)CCN(C(=O)c2cc4cc(C5CCOCC5)ccc4n2C2(c4noc(=O)[nH]4)CC2C)C3)cc(C)c1F. The lowest BCUT2D eigenvalue weighted by Crippen LogP contribution is -2.43. The number of aromatic amines is 1. The van der Waals surface area contributed by atoms with Gasteiger partial charge < -0.3 is 19.1 Å². The van der Waals surface area contributed by atoms with Crippen molar-refractivity contribution in [1.29, 1.82) is 0 Å². The molecule has 0 radical (unpaired) electrons. The van der Waals surface area contributed by atoms with Gasteiger partial charge in [-0.2, -0.15) is 0 Å². The lowest BCUT2D eigenvalue weighted by atomic mass is 9.91. The lowest BCUT2D eigenvalue weighted by Gasteiger charge is -2.31. The third-order valence-electron chi connectivity index (χ3n) is 13.2. The Morgan fingerprint density at radius 1 is 0.931 bits per heavy atom. The van der Waals surface area contributed by atoms with Crippen LogP contribution in [0.3, 0.4) is 0 Å². The van der Waals surface area contributed by atoms with E-state index < -0.39 is 11.3 Å². The maximum atomic E-state index is 15.0. The summed E-state index contributed by atoms with van der Waals surface area (Å²) in [6.45, 7) is 8.76. The molecular formula is C45H46FN7O5. The van der Waals surface area contributed by atoms with Crippen LogP contribution in [-0.4, -0.2) is 67.9 Å². The second kappa shape index (κ2) is 13.9. The Hall–Kier alpha value is -5.82. The summed E-state index contributed by atoms with van der Waals surface area (Å²) < 4.78 is 29.3. The van der Waals surface area contributed by atoms with Gasteiger partial charge in [-0.1, -0.05) is 48.5 Å². The second-order valence-corrected chi connectivity index (χ2v) is 16.7. The Kier molecular flexibility index (Phi) is 8.77. The number of halogens is 1. The van der Waals surface area contributed by atoms with Crippen LogP contribution in [0.5, 0.6) is 0 Å². The van der Waals surface area contributed by atoms with Gasteiger partial charge in [0.15, 0.2) is 5.82 Å². The van der Waals surface area contributed by atoms with Crippen LogP contribution in [0.2, 0.25) is 0 Å². The first-order chi connectivity index (χ1) is 28.1. The van der Waals surface area contributed by atoms with Crippen LogP contribution in [0.15, 0.2) is 80.8 Å². The minimum Gasteiger partial charge on any atom is -0.381 e. The van der Waals surface area contributed by atoms with Crippen molar-refractivity contribution in [3.8, 4) is 5.69 Å². The van der Waals surface area contributed by atoms with Gasteiger partial charge in [0.25, 0.3) is 11.5 Å². The highest BCUT2D eigenvalue weighted by atomic mass is 19.1. The number of carbonyl (C=O) groups is 1. The van der Waals surface area contributed by atoms with E-state index in [9.17, 15) is 14.0 Å². The number of fused-ring (bicyclic) bond motifs is 2. The van der Waals surface area contributed by atoms with Gasteiger partial charge in [0.1, 0.15) is 17.1 Å². The molecule has 1 aliphatic carbocycles. The Bertz CT molecular complexity index is 2690. The number of amides is 1. The average Bonchev–Trinajstić information content (AvgIpc) is 3.66. The number of nitrogens with zero attached hydrogens (tertiary/aromatic N) is 6. The van der Waals surface area contributed by atoms with Crippen molar-refractivity contribution >= 4 is 22.8 Å². The highest BCUT2D eigenvalue weighted by Crippen LogP contribution is 2.56. The fraction of sp³-hybridized carbons (Fsp3) is 0.400. The molecule has 3 unspecified atom stereocenters. The molecule has 6 heterocycles. The van der Waals surface area contributed by atoms with Gasteiger partial charge in [0.05, 0.1) is 17.9 Å². The predicted molar refractivity (Wildman–Crippen MR) is 216 cm³/mol. The van der Waals surface area contributed by atoms with Gasteiger partial charge in [-0.05, 0) is 110 Å². The maximum Gasteiger partial charge on any atom is 0.438 e. The summed E-state index contributed by atoms with van der Waals surface area (Å²) >= 11 is 0. The Labute approximate surface area is 334 Å². The number of aromatic nitrogens is 5. The number of carbonyl (C=O) groups excluding carboxylic acids is 1. The van der Waals surface area contributed by atoms with Crippen LogP contribution in [0.4, 0.5) is 10.3 Å². The van der Waals surface area contributed by atoms with Crippen LogP contribution in [0, 0.1) is 25.6 Å². The number of nitrogens with one attached hydrogen (secondary N) is 1. The van der Waals surface area contributed by atoms with E-state index >= 15 is 4.79 Å². The molecule has 3 aromatic heterocycles. The van der Waals surface area contributed by atoms with E-state index in [4.69, 9.17) is 14.2 Å². The molecule has 1 N–H and O–H groups in total. The van der Waals surface area contributed by atoms with Crippen LogP contribution < -0.4 is 16.2 Å². The smallest absolute Gasteiger partial charge is 0.381 e. The molecule has 3 aliphatic heterocycles. The van der Waals surface area contributed by atoms with E-state index in [2.05, 4.69) is 56.9 Å². The van der Waals surface area contributed by atoms with Gasteiger partial charge in [0, 0.05) is 55.2 Å².